The summed E-state index contributed by atoms with van der Waals surface area (Å²) in [6.07, 6.45) is 3.11. The van der Waals surface area contributed by atoms with Crippen LogP contribution in [0.1, 0.15) is 5.76 Å². The number of nitrogens with zero attached hydrogens (tertiary/aromatic N) is 1. The summed E-state index contributed by atoms with van der Waals surface area (Å²) in [7, 11) is 1.60. The number of methoxy groups -OCH3 is 1. The summed E-state index contributed by atoms with van der Waals surface area (Å²) in [5.41, 5.74) is 2.55. The van der Waals surface area contributed by atoms with Crippen LogP contribution in [-0.2, 0) is 9.53 Å². The first kappa shape index (κ1) is 18.1. The van der Waals surface area contributed by atoms with E-state index in [9.17, 15) is 4.79 Å². The Bertz CT molecular complexity index is 985. The van der Waals surface area contributed by atoms with Crippen LogP contribution in [-0.4, -0.2) is 39.3 Å². The third kappa shape index (κ3) is 4.02. The first-order valence-electron chi connectivity index (χ1n) is 9.21. The van der Waals surface area contributed by atoms with Crippen LogP contribution in [0.5, 0.6) is 5.75 Å². The molecular weight excluding hydrogens is 356 g/mol. The van der Waals surface area contributed by atoms with Gasteiger partial charge in [0.05, 0.1) is 20.3 Å². The minimum Gasteiger partial charge on any atom is -0.493 e. The molecule has 0 saturated carbocycles. The van der Waals surface area contributed by atoms with Crippen LogP contribution in [0.3, 0.4) is 0 Å². The lowest BCUT2D eigenvalue weighted by Gasteiger charge is -2.28. The van der Waals surface area contributed by atoms with E-state index in [2.05, 4.69) is 10.2 Å². The number of amides is 1. The van der Waals surface area contributed by atoms with Crippen molar-refractivity contribution in [1.29, 1.82) is 0 Å². The summed E-state index contributed by atoms with van der Waals surface area (Å²) in [6.45, 7) is 3.27. The van der Waals surface area contributed by atoms with Crippen molar-refractivity contribution in [1.82, 2.24) is 0 Å². The maximum Gasteiger partial charge on any atom is 0.248 e. The van der Waals surface area contributed by atoms with E-state index in [1.807, 2.05) is 48.5 Å². The average Bonchev–Trinajstić information content (AvgIpc) is 3.17. The van der Waals surface area contributed by atoms with Gasteiger partial charge in [0.1, 0.15) is 5.76 Å². The van der Waals surface area contributed by atoms with E-state index in [0.29, 0.717) is 17.1 Å². The molecule has 0 bridgehead atoms. The standard InChI is InChI=1S/C22H22N2O4/c1-26-20-4-2-3-16-15-19(28-22(16)20)9-10-21(25)23-17-5-7-18(8-6-17)24-11-13-27-14-12-24/h2-10,15H,11-14H2,1H3,(H,23,25). The highest BCUT2D eigenvalue weighted by Gasteiger charge is 2.11. The van der Waals surface area contributed by atoms with Gasteiger partial charge in [0.2, 0.25) is 5.91 Å². The molecule has 1 aliphatic heterocycles. The number of ether oxygens (including phenoxy) is 2. The first-order valence-corrected chi connectivity index (χ1v) is 9.21. The van der Waals surface area contributed by atoms with Crippen LogP contribution in [0.15, 0.2) is 59.0 Å². The van der Waals surface area contributed by atoms with Crippen LogP contribution in [0.2, 0.25) is 0 Å². The molecule has 3 aromatic rings. The van der Waals surface area contributed by atoms with Gasteiger partial charge in [0, 0.05) is 35.9 Å². The quantitative estimate of drug-likeness (QED) is 0.682. The lowest BCUT2D eigenvalue weighted by atomic mass is 10.2. The molecule has 4 rings (SSSR count). The Balaban J connectivity index is 1.40. The molecule has 144 valence electrons. The van der Waals surface area contributed by atoms with Crippen LogP contribution in [0.4, 0.5) is 11.4 Å². The normalized spacial score (nSPS) is 14.5. The van der Waals surface area contributed by atoms with Gasteiger partial charge in [-0.25, -0.2) is 0 Å². The molecule has 0 spiro atoms. The van der Waals surface area contributed by atoms with E-state index in [1.165, 1.54) is 6.08 Å². The Hall–Kier alpha value is -3.25. The minimum absolute atomic E-state index is 0.216. The van der Waals surface area contributed by atoms with Crippen LogP contribution in [0.25, 0.3) is 17.0 Å². The number of para-hydroxylation sites is 1. The Morgan fingerprint density at radius 3 is 2.68 bits per heavy atom. The highest BCUT2D eigenvalue weighted by atomic mass is 16.5. The summed E-state index contributed by atoms with van der Waals surface area (Å²) >= 11 is 0. The summed E-state index contributed by atoms with van der Waals surface area (Å²) < 4.78 is 16.4. The fourth-order valence-corrected chi connectivity index (χ4v) is 3.22. The molecule has 1 aliphatic rings. The molecule has 2 heterocycles. The fraction of sp³-hybridized carbons (Fsp3) is 0.227. The van der Waals surface area contributed by atoms with Gasteiger partial charge in [-0.15, -0.1) is 0 Å². The largest absolute Gasteiger partial charge is 0.493 e. The zero-order chi connectivity index (χ0) is 19.3. The van der Waals surface area contributed by atoms with Crippen molar-refractivity contribution >= 4 is 34.3 Å². The van der Waals surface area contributed by atoms with Crippen LogP contribution >= 0.6 is 0 Å². The van der Waals surface area contributed by atoms with Crippen molar-refractivity contribution < 1.29 is 18.7 Å². The van der Waals surface area contributed by atoms with E-state index in [-0.39, 0.29) is 5.91 Å². The molecule has 1 fully saturated rings. The molecule has 1 N–H and O–H groups in total. The molecule has 6 heteroatoms. The lowest BCUT2D eigenvalue weighted by molar-refractivity contribution is -0.111. The second kappa shape index (κ2) is 8.19. The van der Waals surface area contributed by atoms with E-state index in [1.54, 1.807) is 13.2 Å². The van der Waals surface area contributed by atoms with Gasteiger partial charge < -0.3 is 24.1 Å². The SMILES string of the molecule is COc1cccc2cc(C=CC(=O)Nc3ccc(N4CCOCC4)cc3)oc12. The number of carbonyl (C=O) groups excluding carboxylic acids is 1. The zero-order valence-corrected chi connectivity index (χ0v) is 15.7. The van der Waals surface area contributed by atoms with Crippen molar-refractivity contribution in [3.05, 3.63) is 60.4 Å². The van der Waals surface area contributed by atoms with Crippen LogP contribution in [0, 0.1) is 0 Å². The van der Waals surface area contributed by atoms with E-state index < -0.39 is 0 Å². The fourth-order valence-electron chi connectivity index (χ4n) is 3.22. The predicted octanol–water partition coefficient (Wildman–Crippen LogP) is 3.93. The summed E-state index contributed by atoms with van der Waals surface area (Å²) in [5, 5.41) is 3.79. The van der Waals surface area contributed by atoms with E-state index in [4.69, 9.17) is 13.9 Å². The van der Waals surface area contributed by atoms with Gasteiger partial charge in [0.25, 0.3) is 0 Å². The van der Waals surface area contributed by atoms with Gasteiger partial charge in [-0.2, -0.15) is 0 Å². The van der Waals surface area contributed by atoms with E-state index in [0.717, 1.165) is 43.1 Å². The smallest absolute Gasteiger partial charge is 0.248 e. The number of nitrogens with one attached hydrogen (secondary N) is 1. The molecule has 0 unspecified atom stereocenters. The van der Waals surface area contributed by atoms with Gasteiger partial charge in [-0.1, -0.05) is 12.1 Å². The van der Waals surface area contributed by atoms with Crippen molar-refractivity contribution in [3.8, 4) is 5.75 Å². The number of hydrogen-bond acceptors (Lipinski definition) is 5. The molecule has 1 amide bonds. The van der Waals surface area contributed by atoms with Crippen molar-refractivity contribution in [3.63, 3.8) is 0 Å². The van der Waals surface area contributed by atoms with Gasteiger partial charge in [0.15, 0.2) is 11.3 Å². The molecule has 6 nitrogen and oxygen atoms in total. The molecule has 2 aromatic carbocycles. The first-order chi connectivity index (χ1) is 13.7. The average molecular weight is 378 g/mol. The maximum absolute atomic E-state index is 12.2. The Morgan fingerprint density at radius 2 is 1.93 bits per heavy atom. The molecule has 0 radical (unpaired) electrons. The summed E-state index contributed by atoms with van der Waals surface area (Å²) in [4.78, 5) is 14.5. The predicted molar refractivity (Wildman–Crippen MR) is 110 cm³/mol. The number of carbonyl (C=O) groups is 1. The minimum atomic E-state index is -0.216. The third-order valence-corrected chi connectivity index (χ3v) is 4.66. The summed E-state index contributed by atoms with van der Waals surface area (Å²) in [5.74, 6) is 1.05. The Labute approximate surface area is 163 Å². The third-order valence-electron chi connectivity index (χ3n) is 4.66. The Kier molecular flexibility index (Phi) is 5.30. The number of furan rings is 1. The molecule has 1 aromatic heterocycles. The van der Waals surface area contributed by atoms with Gasteiger partial charge >= 0.3 is 0 Å². The Morgan fingerprint density at radius 1 is 1.14 bits per heavy atom. The number of fused-ring (bicyclic) bond motifs is 1. The van der Waals surface area contributed by atoms with Crippen molar-refractivity contribution in [2.45, 2.75) is 0 Å². The van der Waals surface area contributed by atoms with Crippen LogP contribution < -0.4 is 15.0 Å². The molecule has 1 saturated heterocycles. The molecule has 0 atom stereocenters. The molecule has 28 heavy (non-hydrogen) atoms. The topological polar surface area (TPSA) is 63.9 Å². The number of benzene rings is 2. The number of anilines is 2. The van der Waals surface area contributed by atoms with Gasteiger partial charge in [-0.3, -0.25) is 4.79 Å². The van der Waals surface area contributed by atoms with Crippen molar-refractivity contribution in [2.24, 2.45) is 0 Å². The molecule has 0 aliphatic carbocycles. The monoisotopic (exact) mass is 378 g/mol. The highest BCUT2D eigenvalue weighted by Crippen LogP contribution is 2.29. The van der Waals surface area contributed by atoms with Gasteiger partial charge in [-0.05, 0) is 42.5 Å². The highest BCUT2D eigenvalue weighted by molar-refractivity contribution is 6.02. The second-order valence-electron chi connectivity index (χ2n) is 6.50. The number of morpholine rings is 1. The maximum atomic E-state index is 12.2. The lowest BCUT2D eigenvalue weighted by Crippen LogP contribution is -2.36. The number of hydrogen-bond donors (Lipinski definition) is 1. The van der Waals surface area contributed by atoms with Crippen molar-refractivity contribution in [2.75, 3.05) is 43.6 Å². The number of rotatable bonds is 5. The van der Waals surface area contributed by atoms with E-state index >= 15 is 0 Å². The molecular formula is C22H22N2O4. The summed E-state index contributed by atoms with van der Waals surface area (Å²) in [6, 6.07) is 15.4. The second-order valence-corrected chi connectivity index (χ2v) is 6.50. The zero-order valence-electron chi connectivity index (χ0n) is 15.7.